The Hall–Kier alpha value is -2.12. The lowest BCUT2D eigenvalue weighted by atomic mass is 10.1. The van der Waals surface area contributed by atoms with Crippen LogP contribution in [0.2, 0.25) is 0 Å². The Balaban J connectivity index is 1.87. The zero-order valence-electron chi connectivity index (χ0n) is 17.6. The highest BCUT2D eigenvalue weighted by Gasteiger charge is 2.23. The normalized spacial score (nSPS) is 13.6. The van der Waals surface area contributed by atoms with Crippen molar-refractivity contribution < 1.29 is 4.79 Å². The van der Waals surface area contributed by atoms with E-state index in [-0.39, 0.29) is 28.8 Å². The van der Waals surface area contributed by atoms with Crippen molar-refractivity contribution in [3.05, 3.63) is 56.7 Å². The van der Waals surface area contributed by atoms with Gasteiger partial charge in [0.25, 0.3) is 5.56 Å². The molecule has 0 unspecified atom stereocenters. The van der Waals surface area contributed by atoms with Crippen molar-refractivity contribution in [1.82, 2.24) is 14.9 Å². The van der Waals surface area contributed by atoms with Crippen LogP contribution >= 0.6 is 23.1 Å². The van der Waals surface area contributed by atoms with Gasteiger partial charge in [0, 0.05) is 10.9 Å². The lowest BCUT2D eigenvalue weighted by molar-refractivity contribution is -0.120. The van der Waals surface area contributed by atoms with Crippen LogP contribution in [-0.4, -0.2) is 20.7 Å². The zero-order chi connectivity index (χ0) is 21.3. The lowest BCUT2D eigenvalue weighted by Gasteiger charge is -2.20. The first-order valence-electron chi connectivity index (χ1n) is 9.75. The van der Waals surface area contributed by atoms with Crippen molar-refractivity contribution in [2.24, 2.45) is 0 Å². The van der Waals surface area contributed by atoms with E-state index in [9.17, 15) is 9.59 Å². The maximum absolute atomic E-state index is 13.2. The van der Waals surface area contributed by atoms with E-state index in [0.717, 1.165) is 20.8 Å². The van der Waals surface area contributed by atoms with E-state index in [1.54, 1.807) is 4.57 Å². The third-order valence-corrected chi connectivity index (χ3v) is 7.20. The third kappa shape index (κ3) is 4.41. The summed E-state index contributed by atoms with van der Waals surface area (Å²) in [6.07, 6.45) is 0. The van der Waals surface area contributed by atoms with Crippen LogP contribution in [0.25, 0.3) is 10.2 Å². The third-order valence-electron chi connectivity index (χ3n) is 5.03. The number of carbonyl (C=O) groups is 1. The number of amides is 1. The number of rotatable bonds is 6. The van der Waals surface area contributed by atoms with Crippen LogP contribution in [0.15, 0.2) is 40.3 Å². The molecule has 5 nitrogen and oxygen atoms in total. The van der Waals surface area contributed by atoms with Gasteiger partial charge >= 0.3 is 0 Å². The van der Waals surface area contributed by atoms with Gasteiger partial charge in [-0.15, -0.1) is 11.3 Å². The molecule has 0 spiro atoms. The van der Waals surface area contributed by atoms with Gasteiger partial charge in [0.15, 0.2) is 5.16 Å². The highest BCUT2D eigenvalue weighted by Crippen LogP contribution is 2.31. The van der Waals surface area contributed by atoms with Crippen LogP contribution in [0, 0.1) is 13.8 Å². The number of thiophene rings is 1. The van der Waals surface area contributed by atoms with Crippen LogP contribution in [0.3, 0.4) is 0 Å². The molecule has 3 aromatic rings. The molecule has 2 atom stereocenters. The van der Waals surface area contributed by atoms with Crippen molar-refractivity contribution in [2.45, 2.75) is 64.0 Å². The molecule has 2 heterocycles. The predicted octanol–water partition coefficient (Wildman–Crippen LogP) is 5.01. The Morgan fingerprint density at radius 3 is 2.41 bits per heavy atom. The molecule has 7 heteroatoms. The second-order valence-electron chi connectivity index (χ2n) is 7.53. The second kappa shape index (κ2) is 8.71. The van der Waals surface area contributed by atoms with Crippen LogP contribution in [0.5, 0.6) is 0 Å². The van der Waals surface area contributed by atoms with Gasteiger partial charge in [-0.25, -0.2) is 4.98 Å². The number of hydrogen-bond acceptors (Lipinski definition) is 5. The van der Waals surface area contributed by atoms with Crippen molar-refractivity contribution in [2.75, 3.05) is 0 Å². The fourth-order valence-electron chi connectivity index (χ4n) is 3.19. The van der Waals surface area contributed by atoms with E-state index < -0.39 is 0 Å². The van der Waals surface area contributed by atoms with E-state index in [2.05, 4.69) is 5.32 Å². The smallest absolute Gasteiger partial charge is 0.263 e. The Morgan fingerprint density at radius 2 is 1.79 bits per heavy atom. The summed E-state index contributed by atoms with van der Waals surface area (Å²) in [7, 11) is 0. The summed E-state index contributed by atoms with van der Waals surface area (Å²) in [5.41, 5.74) is 2.02. The van der Waals surface area contributed by atoms with Gasteiger partial charge in [-0.1, -0.05) is 42.1 Å². The van der Waals surface area contributed by atoms with Crippen molar-refractivity contribution in [3.63, 3.8) is 0 Å². The molecule has 0 aliphatic carbocycles. The summed E-state index contributed by atoms with van der Waals surface area (Å²) in [6.45, 7) is 11.7. The first-order valence-corrected chi connectivity index (χ1v) is 11.4. The van der Waals surface area contributed by atoms with E-state index in [1.165, 1.54) is 23.1 Å². The van der Waals surface area contributed by atoms with Crippen molar-refractivity contribution >= 4 is 39.2 Å². The number of benzene rings is 1. The molecule has 154 valence electrons. The largest absolute Gasteiger partial charge is 0.349 e. The maximum atomic E-state index is 13.2. The van der Waals surface area contributed by atoms with Gasteiger partial charge in [0.05, 0.1) is 16.7 Å². The molecular formula is C22H27N3O2S2. The molecule has 3 rings (SSSR count). The predicted molar refractivity (Wildman–Crippen MR) is 122 cm³/mol. The number of aromatic nitrogens is 2. The Labute approximate surface area is 179 Å². The van der Waals surface area contributed by atoms with E-state index >= 15 is 0 Å². The molecular weight excluding hydrogens is 402 g/mol. The molecule has 0 saturated heterocycles. The molecule has 1 aromatic carbocycles. The number of nitrogens with zero attached hydrogens (tertiary/aromatic N) is 2. The van der Waals surface area contributed by atoms with E-state index in [1.807, 2.05) is 71.9 Å². The average Bonchev–Trinajstić information content (AvgIpc) is 2.96. The molecule has 1 N–H and O–H groups in total. The van der Waals surface area contributed by atoms with Crippen LogP contribution in [0.1, 0.15) is 55.8 Å². The number of nitrogens with one attached hydrogen (secondary N) is 1. The summed E-state index contributed by atoms with van der Waals surface area (Å²) >= 11 is 2.87. The molecule has 2 aromatic heterocycles. The van der Waals surface area contributed by atoms with Crippen LogP contribution in [-0.2, 0) is 4.79 Å². The number of fused-ring (bicyclic) bond motifs is 1. The summed E-state index contributed by atoms with van der Waals surface area (Å²) in [5, 5.41) is 3.97. The minimum atomic E-state index is -0.377. The number of aryl methyl sites for hydroxylation is 2. The Kier molecular flexibility index (Phi) is 6.49. The van der Waals surface area contributed by atoms with Gasteiger partial charge in [-0.2, -0.15) is 0 Å². The fourth-order valence-corrected chi connectivity index (χ4v) is 5.31. The molecule has 1 amide bonds. The topological polar surface area (TPSA) is 64.0 Å². The van der Waals surface area contributed by atoms with E-state index in [4.69, 9.17) is 4.98 Å². The quantitative estimate of drug-likeness (QED) is 0.442. The maximum Gasteiger partial charge on any atom is 0.263 e. The summed E-state index contributed by atoms with van der Waals surface area (Å²) in [4.78, 5) is 32.5. The molecule has 29 heavy (non-hydrogen) atoms. The number of hydrogen-bond donors (Lipinski definition) is 1. The molecule has 0 fully saturated rings. The standard InChI is InChI=1S/C22H27N3O2S2/c1-12(2)25-21(27)18-13(3)15(5)28-20(18)24-22(25)29-16(6)19(26)23-14(4)17-10-8-7-9-11-17/h7-12,14,16H,1-6H3,(H,23,26)/t14-,16+/m0/s1. The molecule has 0 aliphatic heterocycles. The Morgan fingerprint density at radius 1 is 1.14 bits per heavy atom. The zero-order valence-corrected chi connectivity index (χ0v) is 19.3. The molecule has 0 aliphatic rings. The first-order chi connectivity index (χ1) is 13.7. The van der Waals surface area contributed by atoms with Gasteiger partial charge < -0.3 is 5.32 Å². The van der Waals surface area contributed by atoms with Gasteiger partial charge in [0.2, 0.25) is 5.91 Å². The number of carbonyl (C=O) groups excluding carboxylic acids is 1. The van der Waals surface area contributed by atoms with Crippen LogP contribution < -0.4 is 10.9 Å². The summed E-state index contributed by atoms with van der Waals surface area (Å²) < 4.78 is 1.70. The SMILES string of the molecule is Cc1sc2nc(S[C@H](C)C(=O)N[C@@H](C)c3ccccc3)n(C(C)C)c(=O)c2c1C. The number of thioether (sulfide) groups is 1. The highest BCUT2D eigenvalue weighted by molar-refractivity contribution is 8.00. The van der Waals surface area contributed by atoms with Gasteiger partial charge in [-0.05, 0) is 52.7 Å². The fraction of sp³-hybridized carbons (Fsp3) is 0.409. The highest BCUT2D eigenvalue weighted by atomic mass is 32.2. The lowest BCUT2D eigenvalue weighted by Crippen LogP contribution is -2.34. The summed E-state index contributed by atoms with van der Waals surface area (Å²) in [5.74, 6) is -0.0745. The Bertz CT molecular complexity index is 1090. The summed E-state index contributed by atoms with van der Waals surface area (Å²) in [6, 6.07) is 9.74. The van der Waals surface area contributed by atoms with Crippen molar-refractivity contribution in [1.29, 1.82) is 0 Å². The minimum Gasteiger partial charge on any atom is -0.349 e. The molecule has 0 radical (unpaired) electrons. The first kappa shape index (κ1) is 21.6. The molecule has 0 bridgehead atoms. The minimum absolute atomic E-state index is 0.0281. The second-order valence-corrected chi connectivity index (χ2v) is 10.0. The molecule has 0 saturated carbocycles. The van der Waals surface area contributed by atoms with Gasteiger partial charge in [-0.3, -0.25) is 14.2 Å². The van der Waals surface area contributed by atoms with Gasteiger partial charge in [0.1, 0.15) is 4.83 Å². The van der Waals surface area contributed by atoms with E-state index in [0.29, 0.717) is 10.5 Å². The monoisotopic (exact) mass is 429 g/mol. The van der Waals surface area contributed by atoms with Crippen molar-refractivity contribution in [3.8, 4) is 0 Å². The average molecular weight is 430 g/mol. The van der Waals surface area contributed by atoms with Crippen LogP contribution in [0.4, 0.5) is 0 Å².